The Morgan fingerprint density at radius 1 is 0.872 bits per heavy atom. The molecule has 6 rings (SSSR count). The quantitative estimate of drug-likeness (QED) is 0.134. The van der Waals surface area contributed by atoms with E-state index in [4.69, 9.17) is 10.7 Å². The first-order valence-electron chi connectivity index (χ1n) is 15.6. The second-order valence-electron chi connectivity index (χ2n) is 11.3. The second-order valence-corrected chi connectivity index (χ2v) is 11.3. The number of primary amides is 1. The first-order chi connectivity index (χ1) is 23.0. The number of hydrogen-bond acceptors (Lipinski definition) is 6. The maximum atomic E-state index is 12.2. The van der Waals surface area contributed by atoms with Crippen LogP contribution in [0, 0.1) is 26.9 Å². The van der Waals surface area contributed by atoms with Crippen molar-refractivity contribution in [2.45, 2.75) is 38.5 Å². The molecule has 236 valence electrons. The average Bonchev–Trinajstić information content (AvgIpc) is 3.76. The number of benzene rings is 3. The van der Waals surface area contributed by atoms with E-state index in [2.05, 4.69) is 92.9 Å². The molecule has 1 atom stereocenters. The number of amides is 1. The number of pyridine rings is 1. The number of aromatic nitrogens is 5. The van der Waals surface area contributed by atoms with Crippen molar-refractivity contribution >= 4 is 22.6 Å². The molecule has 3 N–H and O–H groups in total. The standard InChI is InChI=1S/C38H38N8O/c1-3-45(4-2)33-13-10-31(11-14-33)38-43-35-24-32(12-15-36(35)46(38)22-5-21-44-23-20-41-27-44)34(25-37(39)47)42-26-28-6-8-29(9-7-28)30-16-18-40-19-17-30/h3-4,6-20,23-24,27,34,42H,1-2,5,21-22,25-26H2,(H2,39,47). The number of nitrogens with one attached hydrogen (secondary N) is 1. The maximum Gasteiger partial charge on any atom is 0.219 e. The van der Waals surface area contributed by atoms with E-state index in [0.717, 1.165) is 69.9 Å². The molecule has 0 bridgehead atoms. The zero-order valence-corrected chi connectivity index (χ0v) is 26.2. The molecule has 0 aliphatic rings. The van der Waals surface area contributed by atoms with Crippen molar-refractivity contribution in [3.63, 3.8) is 0 Å². The minimum absolute atomic E-state index is 0.170. The number of fused-ring (bicyclic) bond motifs is 1. The molecule has 3 aromatic heterocycles. The summed E-state index contributed by atoms with van der Waals surface area (Å²) in [7, 11) is 0. The van der Waals surface area contributed by atoms with Crippen LogP contribution in [0.5, 0.6) is 0 Å². The van der Waals surface area contributed by atoms with Gasteiger partial charge in [0, 0.05) is 81.2 Å². The van der Waals surface area contributed by atoms with Crippen LogP contribution in [0.25, 0.3) is 33.5 Å². The summed E-state index contributed by atoms with van der Waals surface area (Å²) in [4.78, 5) is 27.4. The molecule has 0 fully saturated rings. The van der Waals surface area contributed by atoms with Crippen LogP contribution in [0.1, 0.15) is 30.0 Å². The van der Waals surface area contributed by atoms with Crippen molar-refractivity contribution < 1.29 is 4.79 Å². The van der Waals surface area contributed by atoms with Gasteiger partial charge in [0.15, 0.2) is 0 Å². The normalized spacial score (nSPS) is 12.0. The summed E-state index contributed by atoms with van der Waals surface area (Å²) in [5.74, 6) is 0.515. The predicted octanol–water partition coefficient (Wildman–Crippen LogP) is 6.56. The van der Waals surface area contributed by atoms with Crippen LogP contribution in [-0.4, -0.2) is 30.0 Å². The number of anilines is 1. The third kappa shape index (κ3) is 7.58. The third-order valence-electron chi connectivity index (χ3n) is 8.27. The molecule has 1 unspecified atom stereocenters. The van der Waals surface area contributed by atoms with Gasteiger partial charge in [-0.25, -0.2) is 9.97 Å². The van der Waals surface area contributed by atoms with Gasteiger partial charge in [-0.2, -0.15) is 0 Å². The molecule has 6 aromatic rings. The number of imidazole rings is 2. The van der Waals surface area contributed by atoms with E-state index in [-0.39, 0.29) is 18.4 Å². The van der Waals surface area contributed by atoms with Crippen LogP contribution in [-0.2, 0) is 24.4 Å². The van der Waals surface area contributed by atoms with Crippen molar-refractivity contribution in [2.24, 2.45) is 5.73 Å². The fourth-order valence-electron chi connectivity index (χ4n) is 5.82. The number of carbonyl (C=O) groups is 1. The van der Waals surface area contributed by atoms with Gasteiger partial charge >= 0.3 is 0 Å². The highest BCUT2D eigenvalue weighted by Gasteiger charge is 2.19. The van der Waals surface area contributed by atoms with Gasteiger partial charge in [0.05, 0.1) is 17.4 Å². The van der Waals surface area contributed by atoms with E-state index < -0.39 is 0 Å². The van der Waals surface area contributed by atoms with Gasteiger partial charge in [-0.05, 0) is 91.1 Å². The minimum Gasteiger partial charge on any atom is -0.370 e. The first kappa shape index (κ1) is 31.7. The summed E-state index contributed by atoms with van der Waals surface area (Å²) < 4.78 is 4.35. The highest BCUT2D eigenvalue weighted by Crippen LogP contribution is 2.30. The van der Waals surface area contributed by atoms with Crippen LogP contribution in [0.15, 0.2) is 110 Å². The fraction of sp³-hybridized carbons (Fsp3) is 0.158. The number of rotatable bonds is 15. The van der Waals surface area contributed by atoms with E-state index in [1.165, 1.54) is 0 Å². The van der Waals surface area contributed by atoms with Gasteiger partial charge in [0.1, 0.15) is 5.82 Å². The summed E-state index contributed by atoms with van der Waals surface area (Å²) in [6.07, 6.45) is 10.3. The summed E-state index contributed by atoms with van der Waals surface area (Å²) in [5.41, 5.74) is 13.9. The molecule has 47 heavy (non-hydrogen) atoms. The molecule has 3 heterocycles. The maximum absolute atomic E-state index is 12.2. The van der Waals surface area contributed by atoms with Gasteiger partial charge in [0.25, 0.3) is 0 Å². The Balaban J connectivity index is 1.27. The monoisotopic (exact) mass is 622 g/mol. The minimum atomic E-state index is -0.366. The van der Waals surface area contributed by atoms with Gasteiger partial charge in [0.2, 0.25) is 5.91 Å². The van der Waals surface area contributed by atoms with Crippen molar-refractivity contribution in [2.75, 3.05) is 4.90 Å². The van der Waals surface area contributed by atoms with E-state index in [1.807, 2.05) is 41.7 Å². The Labute approximate surface area is 276 Å². The predicted molar refractivity (Wildman–Crippen MR) is 187 cm³/mol. The van der Waals surface area contributed by atoms with E-state index in [1.54, 1.807) is 31.7 Å². The molecule has 0 aliphatic carbocycles. The Hall–Kier alpha value is -5.28. The molecule has 9 heteroatoms. The van der Waals surface area contributed by atoms with Crippen molar-refractivity contribution in [3.8, 4) is 22.5 Å². The molecular weight excluding hydrogens is 584 g/mol. The zero-order valence-electron chi connectivity index (χ0n) is 26.2. The lowest BCUT2D eigenvalue weighted by Gasteiger charge is -2.20. The van der Waals surface area contributed by atoms with Crippen LogP contribution in [0.4, 0.5) is 5.69 Å². The number of aryl methyl sites for hydroxylation is 2. The molecule has 9 nitrogen and oxygen atoms in total. The number of carbonyl (C=O) groups excluding carboxylic acids is 1. The van der Waals surface area contributed by atoms with Gasteiger partial charge in [-0.1, -0.05) is 30.3 Å². The van der Waals surface area contributed by atoms with Crippen LogP contribution in [0.3, 0.4) is 0 Å². The van der Waals surface area contributed by atoms with Crippen molar-refractivity contribution in [3.05, 3.63) is 148 Å². The van der Waals surface area contributed by atoms with E-state index in [9.17, 15) is 4.79 Å². The largest absolute Gasteiger partial charge is 0.370 e. The lowest BCUT2D eigenvalue weighted by Crippen LogP contribution is -2.26. The first-order valence-corrected chi connectivity index (χ1v) is 15.6. The molecule has 4 radical (unpaired) electrons. The molecule has 0 saturated heterocycles. The number of nitrogens with two attached hydrogens (primary N) is 1. The Morgan fingerprint density at radius 2 is 1.60 bits per heavy atom. The SMILES string of the molecule is [CH2][CH]N([CH][CH2])c1ccc(-c2nc3cc(C(CC(N)=O)NCc4ccc(-c5ccncc5)cc4)ccc3n2CCCn2ccnc2)cc1. The topological polar surface area (TPSA) is 107 Å². The van der Waals surface area contributed by atoms with E-state index in [0.29, 0.717) is 6.54 Å². The highest BCUT2D eigenvalue weighted by molar-refractivity contribution is 5.82. The lowest BCUT2D eigenvalue weighted by atomic mass is 10.0. The summed E-state index contributed by atoms with van der Waals surface area (Å²) >= 11 is 0. The Kier molecular flexibility index (Phi) is 10.0. The van der Waals surface area contributed by atoms with Crippen LogP contribution in [0.2, 0.25) is 0 Å². The average molecular weight is 623 g/mol. The van der Waals surface area contributed by atoms with Gasteiger partial charge in [-0.3, -0.25) is 9.78 Å². The summed E-state index contributed by atoms with van der Waals surface area (Å²) in [6, 6.07) is 26.6. The van der Waals surface area contributed by atoms with Gasteiger partial charge in [-0.15, -0.1) is 0 Å². The third-order valence-corrected chi connectivity index (χ3v) is 8.27. The van der Waals surface area contributed by atoms with E-state index >= 15 is 0 Å². The second kappa shape index (κ2) is 14.9. The summed E-state index contributed by atoms with van der Waals surface area (Å²) in [5, 5.41) is 3.56. The fourth-order valence-corrected chi connectivity index (χ4v) is 5.82. The Bertz CT molecular complexity index is 1880. The zero-order chi connectivity index (χ0) is 32.6. The molecule has 0 aliphatic heterocycles. The van der Waals surface area contributed by atoms with Crippen molar-refractivity contribution in [1.29, 1.82) is 0 Å². The van der Waals surface area contributed by atoms with Crippen LogP contribution < -0.4 is 16.0 Å². The van der Waals surface area contributed by atoms with Gasteiger partial charge < -0.3 is 25.1 Å². The smallest absolute Gasteiger partial charge is 0.219 e. The molecule has 0 saturated carbocycles. The molecule has 0 spiro atoms. The van der Waals surface area contributed by atoms with Crippen molar-refractivity contribution in [1.82, 2.24) is 29.4 Å². The number of hydrogen-bond donors (Lipinski definition) is 2. The molecule has 1 amide bonds. The summed E-state index contributed by atoms with van der Waals surface area (Å²) in [6.45, 7) is 13.4. The number of nitrogens with zero attached hydrogens (tertiary/aromatic N) is 6. The Morgan fingerprint density at radius 3 is 2.28 bits per heavy atom. The van der Waals surface area contributed by atoms with Crippen LogP contribution >= 0.6 is 0 Å². The molecule has 3 aromatic carbocycles. The molecular formula is C38H38N8O. The lowest BCUT2D eigenvalue weighted by molar-refractivity contribution is -0.118. The highest BCUT2D eigenvalue weighted by atomic mass is 16.1.